The number of imidazole rings is 1. The number of carbonyl (C=O) groups is 11. The first kappa shape index (κ1) is 71.5. The number of fused-ring (bicyclic) bond motifs is 1. The van der Waals surface area contributed by atoms with Crippen LogP contribution in [0.4, 0.5) is 0 Å². The topological polar surface area (TPSA) is 458 Å². The van der Waals surface area contributed by atoms with Gasteiger partial charge in [0, 0.05) is 74.3 Å². The minimum atomic E-state index is -1.87. The summed E-state index contributed by atoms with van der Waals surface area (Å²) in [6, 6.07) is 0.844. The average Bonchev–Trinajstić information content (AvgIpc) is 1.76. The number of aromatic nitrogens is 3. The van der Waals surface area contributed by atoms with Crippen molar-refractivity contribution in [3.8, 4) is 5.75 Å². The summed E-state index contributed by atoms with van der Waals surface area (Å²) in [5, 5.41) is 45.3. The number of phenolic OH excluding ortho intramolecular Hbond substituents is 1. The number of aliphatic imine (C=N–C) groups is 1. The molecule has 0 saturated carbocycles. The number of likely N-dealkylation sites (N-methyl/N-ethyl adjacent to an activating group) is 1. The number of aliphatic hydroxyl groups is 1. The Bertz CT molecular complexity index is 3240. The summed E-state index contributed by atoms with van der Waals surface area (Å²) in [5.41, 5.74) is 13.1. The van der Waals surface area contributed by atoms with Crippen molar-refractivity contribution in [1.82, 2.24) is 67.7 Å². The molecule has 0 spiro atoms. The normalized spacial score (nSPS) is 17.1. The maximum absolute atomic E-state index is 14.9. The summed E-state index contributed by atoms with van der Waals surface area (Å²) in [7, 11) is 0. The summed E-state index contributed by atoms with van der Waals surface area (Å²) >= 11 is 0. The highest BCUT2D eigenvalue weighted by Crippen LogP contribution is 2.23. The van der Waals surface area contributed by atoms with Crippen LogP contribution in [0.5, 0.6) is 5.75 Å². The van der Waals surface area contributed by atoms with Crippen molar-refractivity contribution in [1.29, 1.82) is 0 Å². The third kappa shape index (κ3) is 21.5. The number of benzene rings is 2. The number of esters is 1. The molecule has 10 atom stereocenters. The minimum Gasteiger partial charge on any atom is -0.508 e. The van der Waals surface area contributed by atoms with Gasteiger partial charge >= 0.3 is 5.97 Å². The summed E-state index contributed by atoms with van der Waals surface area (Å²) in [5.74, 6) is -9.27. The van der Waals surface area contributed by atoms with E-state index < -0.39 is 120 Å². The molecule has 4 heterocycles. The monoisotopic (exact) mass is 1280 g/mol. The lowest BCUT2D eigenvalue weighted by molar-refractivity contribution is -0.154. The Labute approximate surface area is 532 Å². The number of aromatic hydroxyl groups is 1. The largest absolute Gasteiger partial charge is 0.508 e. The predicted molar refractivity (Wildman–Crippen MR) is 336 cm³/mol. The van der Waals surface area contributed by atoms with E-state index >= 15 is 0 Å². The third-order valence-corrected chi connectivity index (χ3v) is 15.5. The second kappa shape index (κ2) is 34.5. The molecule has 10 amide bonds. The Balaban J connectivity index is 1.28. The number of para-hydroxylation sites is 1. The van der Waals surface area contributed by atoms with Crippen molar-refractivity contribution in [3.05, 3.63) is 84.1 Å². The van der Waals surface area contributed by atoms with Crippen molar-refractivity contribution in [2.24, 2.45) is 28.3 Å². The number of guanidine groups is 1. The number of rotatable bonds is 34. The van der Waals surface area contributed by atoms with E-state index in [9.17, 15) is 63.0 Å². The van der Waals surface area contributed by atoms with Gasteiger partial charge in [0.25, 0.3) is 0 Å². The van der Waals surface area contributed by atoms with Crippen LogP contribution in [0.1, 0.15) is 110 Å². The number of hydrogen-bond acceptors (Lipinski definition) is 16. The van der Waals surface area contributed by atoms with Gasteiger partial charge in [-0.05, 0) is 100.0 Å². The number of aromatic amines is 2. The van der Waals surface area contributed by atoms with E-state index in [-0.39, 0.29) is 106 Å². The smallest absolute Gasteiger partial charge is 0.334 e. The first-order chi connectivity index (χ1) is 43.8. The number of hydrogen-bond donors (Lipinski definition) is 15. The molecular formula is C62H88N16O14. The molecule has 2 saturated heterocycles. The first-order valence-electron chi connectivity index (χ1n) is 31.0. The molecule has 4 aromatic rings. The van der Waals surface area contributed by atoms with Gasteiger partial charge in [0.05, 0.1) is 6.33 Å². The van der Waals surface area contributed by atoms with Gasteiger partial charge in [-0.25, -0.2) is 9.78 Å². The predicted octanol–water partition coefficient (Wildman–Crippen LogP) is -1.51. The molecule has 0 aliphatic carbocycles. The highest BCUT2D eigenvalue weighted by atomic mass is 16.5. The quantitative estimate of drug-likeness (QED) is 0.0109. The molecule has 2 aromatic carbocycles. The molecule has 0 unspecified atom stereocenters. The molecule has 17 N–H and O–H groups in total. The molecule has 30 nitrogen and oxygen atoms in total. The van der Waals surface area contributed by atoms with Crippen LogP contribution in [0.2, 0.25) is 0 Å². The molecule has 0 radical (unpaired) electrons. The summed E-state index contributed by atoms with van der Waals surface area (Å²) in [4.78, 5) is 170. The molecule has 6 rings (SSSR count). The van der Waals surface area contributed by atoms with Crippen LogP contribution in [0, 0.1) is 11.8 Å². The first-order valence-corrected chi connectivity index (χ1v) is 31.0. The zero-order chi connectivity index (χ0) is 67.2. The van der Waals surface area contributed by atoms with Gasteiger partial charge < -0.3 is 89.1 Å². The van der Waals surface area contributed by atoms with E-state index in [2.05, 4.69) is 67.8 Å². The summed E-state index contributed by atoms with van der Waals surface area (Å²) < 4.78 is 5.32. The Hall–Kier alpha value is -9.61. The SMILES string of the molecule is CCNC(=O)[C@@H]1CCCN1C(=O)[C@H](CCCN=C(N)N)NC(=O)[C@H](CC(C)C)NC(=O)[C@@H](CC(C)C)NC(=O)[C@H](Cc1ccc(O)cc1)NC(=O)[C@H](COC(=O)[C@@H](C)O)NC(=O)[C@H](Cc1c[nH]c2ccccc12)NC(=O)[C@H](Cc1cnc[nH]1)NC(=O)[C@@H]1CCC(=O)N1. The van der Waals surface area contributed by atoms with Gasteiger partial charge in [-0.15, -0.1) is 0 Å². The zero-order valence-corrected chi connectivity index (χ0v) is 52.7. The molecule has 2 aliphatic rings. The van der Waals surface area contributed by atoms with Gasteiger partial charge in [0.15, 0.2) is 5.96 Å². The second-order valence-electron chi connectivity index (χ2n) is 23.9. The summed E-state index contributed by atoms with van der Waals surface area (Å²) in [6.45, 7) is 9.88. The van der Waals surface area contributed by atoms with Crippen LogP contribution in [0.15, 0.2) is 72.2 Å². The number of aliphatic hydroxyl groups excluding tert-OH is 1. The van der Waals surface area contributed by atoms with Crippen molar-refractivity contribution >= 4 is 81.9 Å². The van der Waals surface area contributed by atoms with Gasteiger partial charge in [-0.1, -0.05) is 58.0 Å². The van der Waals surface area contributed by atoms with Gasteiger partial charge in [-0.2, -0.15) is 0 Å². The van der Waals surface area contributed by atoms with Crippen molar-refractivity contribution in [2.45, 2.75) is 173 Å². The number of nitrogens with two attached hydrogens (primary N) is 2. The van der Waals surface area contributed by atoms with E-state index in [4.69, 9.17) is 16.2 Å². The molecule has 2 aliphatic heterocycles. The Morgan fingerprint density at radius 3 is 1.86 bits per heavy atom. The Morgan fingerprint density at radius 1 is 0.707 bits per heavy atom. The lowest BCUT2D eigenvalue weighted by atomic mass is 9.98. The lowest BCUT2D eigenvalue weighted by Gasteiger charge is -2.31. The Morgan fingerprint density at radius 2 is 1.28 bits per heavy atom. The standard InChI is InChI=1S/C62H88N16O14/c1-7-66-59(89)50-15-11-23-78(50)60(90)43(14-10-22-67-62(63)64)71-53(83)44(24-33(2)3)72-54(84)45(25-34(4)5)73-55(85)46(26-36-16-18-39(80)19-17-36)74-58(88)49(31-92-61(91)35(6)79)77-56(86)47(27-37-29-68-41-13-9-8-12-40(37)41)75-57(87)48(28-38-30-65-32-69-38)76-52(82)42-20-21-51(81)70-42/h8-9,12-13,16-19,29-30,32-35,42-50,68,79-80H,7,10-11,14-15,20-28,31H2,1-6H3,(H,65,69)(H,66,89)(H,70,81)(H,71,83)(H,72,84)(H,73,85)(H,74,88)(H,75,87)(H,76,82)(H,77,86)(H4,63,64,67)/t35-,42+,43+,44+,45-,46+,47+,48+,49+,50+/m1/s1. The third-order valence-electron chi connectivity index (χ3n) is 15.5. The number of carbonyl (C=O) groups excluding carboxylic acids is 11. The number of phenols is 1. The maximum atomic E-state index is 14.9. The zero-order valence-electron chi connectivity index (χ0n) is 52.7. The number of ether oxygens (including phenoxy) is 1. The van der Waals surface area contributed by atoms with Crippen LogP contribution in [-0.2, 0) is 76.7 Å². The van der Waals surface area contributed by atoms with Crippen LogP contribution in [0.3, 0.4) is 0 Å². The van der Waals surface area contributed by atoms with Gasteiger partial charge in [0.1, 0.15) is 72.8 Å². The second-order valence-corrected chi connectivity index (χ2v) is 23.9. The van der Waals surface area contributed by atoms with E-state index in [1.54, 1.807) is 51.2 Å². The van der Waals surface area contributed by atoms with Crippen molar-refractivity contribution in [2.75, 3.05) is 26.2 Å². The van der Waals surface area contributed by atoms with Crippen molar-refractivity contribution < 1.29 is 67.7 Å². The van der Waals surface area contributed by atoms with Crippen LogP contribution < -0.4 is 59.3 Å². The van der Waals surface area contributed by atoms with E-state index in [1.807, 2.05) is 13.8 Å². The molecule has 500 valence electrons. The van der Waals surface area contributed by atoms with E-state index in [0.29, 0.717) is 47.1 Å². The number of likely N-dealkylation sites (tertiary alicyclic amines) is 1. The van der Waals surface area contributed by atoms with E-state index in [0.717, 1.165) is 6.92 Å². The fraction of sp³-hybridized carbons (Fsp3) is 0.532. The number of nitrogens with one attached hydrogen (secondary N) is 11. The van der Waals surface area contributed by atoms with Crippen LogP contribution in [0.25, 0.3) is 10.9 Å². The number of nitrogens with zero attached hydrogens (tertiary/aromatic N) is 3. The highest BCUT2D eigenvalue weighted by molar-refractivity contribution is 5.99. The highest BCUT2D eigenvalue weighted by Gasteiger charge is 2.40. The van der Waals surface area contributed by atoms with Crippen LogP contribution >= 0.6 is 0 Å². The van der Waals surface area contributed by atoms with Gasteiger partial charge in [-0.3, -0.25) is 52.9 Å². The molecular weight excluding hydrogens is 1190 g/mol. The fourth-order valence-corrected chi connectivity index (χ4v) is 10.8. The minimum absolute atomic E-state index is 0.00334. The maximum Gasteiger partial charge on any atom is 0.334 e. The molecule has 0 bridgehead atoms. The number of H-pyrrole nitrogens is 2. The lowest BCUT2D eigenvalue weighted by Crippen LogP contribution is -2.61. The Kier molecular flexibility index (Phi) is 26.8. The molecule has 92 heavy (non-hydrogen) atoms. The fourth-order valence-electron chi connectivity index (χ4n) is 10.8. The molecule has 2 fully saturated rings. The van der Waals surface area contributed by atoms with Crippen LogP contribution in [-0.4, -0.2) is 188 Å². The van der Waals surface area contributed by atoms with E-state index in [1.165, 1.54) is 41.7 Å². The summed E-state index contributed by atoms with van der Waals surface area (Å²) in [6.07, 6.45) is 3.66. The molecule has 30 heteroatoms. The average molecular weight is 1280 g/mol. The molecule has 2 aromatic heterocycles. The number of amides is 10. The van der Waals surface area contributed by atoms with Gasteiger partial charge in [0.2, 0.25) is 59.1 Å². The van der Waals surface area contributed by atoms with Crippen molar-refractivity contribution in [3.63, 3.8) is 0 Å².